The molecule has 0 amide bonds. The van der Waals surface area contributed by atoms with Crippen LogP contribution in [0.3, 0.4) is 0 Å². The van der Waals surface area contributed by atoms with E-state index in [1.807, 2.05) is 0 Å². The second kappa shape index (κ2) is 4.35. The molecule has 0 fully saturated rings. The van der Waals surface area contributed by atoms with Crippen LogP contribution in [0.15, 0.2) is 0 Å². The standard InChI is InChI=1S/C3H7N.BF4/c1-3(2)4;2-1(3,4)5/h4H,1-2H3;/q;-1. The monoisotopic (exact) mass is 144 g/mol. The number of rotatable bonds is 0. The van der Waals surface area contributed by atoms with Gasteiger partial charge in [-0.05, 0) is 13.8 Å². The summed E-state index contributed by atoms with van der Waals surface area (Å²) in [6.07, 6.45) is 0. The largest absolute Gasteiger partial charge is 0.673 e. The van der Waals surface area contributed by atoms with E-state index in [0.29, 0.717) is 5.71 Å². The molecule has 9 heavy (non-hydrogen) atoms. The van der Waals surface area contributed by atoms with Crippen molar-refractivity contribution in [2.75, 3.05) is 0 Å². The van der Waals surface area contributed by atoms with E-state index in [1.165, 1.54) is 0 Å². The zero-order valence-corrected chi connectivity index (χ0v) is 5.09. The van der Waals surface area contributed by atoms with Crippen molar-refractivity contribution in [1.82, 2.24) is 0 Å². The van der Waals surface area contributed by atoms with Gasteiger partial charge in [-0.1, -0.05) is 0 Å². The lowest BCUT2D eigenvalue weighted by molar-refractivity contribution is 0.368. The van der Waals surface area contributed by atoms with Gasteiger partial charge in [0, 0.05) is 5.71 Å². The van der Waals surface area contributed by atoms with Gasteiger partial charge in [0.2, 0.25) is 0 Å². The lowest BCUT2D eigenvalue weighted by Gasteiger charge is -1.94. The van der Waals surface area contributed by atoms with Crippen LogP contribution in [0, 0.1) is 5.41 Å². The first kappa shape index (κ1) is 11.3. The number of halogens is 4. The molecule has 0 saturated heterocycles. The van der Waals surface area contributed by atoms with E-state index >= 15 is 0 Å². The molecule has 0 aliphatic carbocycles. The van der Waals surface area contributed by atoms with Gasteiger partial charge in [-0.2, -0.15) is 0 Å². The first-order valence-corrected chi connectivity index (χ1v) is 2.12. The van der Waals surface area contributed by atoms with Gasteiger partial charge in [-0.15, -0.1) is 0 Å². The number of hydrogen-bond donors (Lipinski definition) is 1. The molecule has 0 aromatic carbocycles. The van der Waals surface area contributed by atoms with E-state index in [-0.39, 0.29) is 0 Å². The van der Waals surface area contributed by atoms with Gasteiger partial charge in [0.05, 0.1) is 0 Å². The van der Waals surface area contributed by atoms with Crippen molar-refractivity contribution >= 4 is 13.0 Å². The fourth-order valence-electron chi connectivity index (χ4n) is 0. The lowest BCUT2D eigenvalue weighted by atomic mass is 10.3. The normalized spacial score (nSPS) is 9.56. The quantitative estimate of drug-likeness (QED) is 0.306. The number of hydrogen-bond acceptors (Lipinski definition) is 1. The van der Waals surface area contributed by atoms with Crippen LogP contribution in [-0.2, 0) is 0 Å². The molecule has 0 aromatic heterocycles. The second-order valence-electron chi connectivity index (χ2n) is 1.49. The van der Waals surface area contributed by atoms with Crippen LogP contribution < -0.4 is 0 Å². The number of nitrogens with one attached hydrogen (secondary N) is 1. The van der Waals surface area contributed by atoms with Gasteiger partial charge in [0.15, 0.2) is 0 Å². The molecule has 0 saturated carbocycles. The maximum Gasteiger partial charge on any atom is 0.673 e. The van der Waals surface area contributed by atoms with Crippen molar-refractivity contribution in [2.45, 2.75) is 13.8 Å². The Morgan fingerprint density at radius 1 is 1.11 bits per heavy atom. The molecular weight excluding hydrogens is 137 g/mol. The Labute approximate surface area is 50.7 Å². The van der Waals surface area contributed by atoms with E-state index in [0.717, 1.165) is 0 Å². The molecular formula is C3H7BF4N-. The van der Waals surface area contributed by atoms with Crippen molar-refractivity contribution in [3.05, 3.63) is 0 Å². The van der Waals surface area contributed by atoms with Gasteiger partial charge in [0.25, 0.3) is 0 Å². The molecule has 0 unspecified atom stereocenters. The molecule has 1 N–H and O–H groups in total. The highest BCUT2D eigenvalue weighted by atomic mass is 19.5. The summed E-state index contributed by atoms with van der Waals surface area (Å²) in [4.78, 5) is 0. The Kier molecular flexibility index (Phi) is 5.44. The SMILES string of the molecule is CC(C)=N.F[B-](F)(F)F. The van der Waals surface area contributed by atoms with Crippen LogP contribution in [0.25, 0.3) is 0 Å². The minimum absolute atomic E-state index is 0.667. The molecule has 1 nitrogen and oxygen atoms in total. The van der Waals surface area contributed by atoms with Crippen LogP contribution in [0.1, 0.15) is 13.8 Å². The van der Waals surface area contributed by atoms with Crippen LogP contribution >= 0.6 is 0 Å². The van der Waals surface area contributed by atoms with Gasteiger partial charge >= 0.3 is 7.25 Å². The van der Waals surface area contributed by atoms with Crippen LogP contribution in [-0.4, -0.2) is 13.0 Å². The van der Waals surface area contributed by atoms with Crippen LogP contribution in [0.2, 0.25) is 0 Å². The maximum atomic E-state index is 9.75. The lowest BCUT2D eigenvalue weighted by Crippen LogP contribution is -2.02. The minimum Gasteiger partial charge on any atom is -0.418 e. The van der Waals surface area contributed by atoms with Crippen molar-refractivity contribution in [3.8, 4) is 0 Å². The summed E-state index contributed by atoms with van der Waals surface area (Å²) in [5.41, 5.74) is 0.667. The first-order valence-electron chi connectivity index (χ1n) is 2.12. The molecule has 0 heterocycles. The Balaban J connectivity index is 0. The third-order valence-electron chi connectivity index (χ3n) is 0. The molecule has 0 bridgehead atoms. The van der Waals surface area contributed by atoms with Gasteiger partial charge in [0.1, 0.15) is 0 Å². The topological polar surface area (TPSA) is 23.9 Å². The molecule has 0 spiro atoms. The van der Waals surface area contributed by atoms with Crippen LogP contribution in [0.5, 0.6) is 0 Å². The fraction of sp³-hybridized carbons (Fsp3) is 0.667. The van der Waals surface area contributed by atoms with Crippen molar-refractivity contribution in [2.24, 2.45) is 0 Å². The van der Waals surface area contributed by atoms with Crippen molar-refractivity contribution < 1.29 is 17.3 Å². The summed E-state index contributed by atoms with van der Waals surface area (Å²) in [5, 5.41) is 6.50. The summed E-state index contributed by atoms with van der Waals surface area (Å²) in [6, 6.07) is 0. The molecule has 0 aliphatic rings. The van der Waals surface area contributed by atoms with Crippen molar-refractivity contribution in [1.29, 1.82) is 5.41 Å². The molecule has 0 aliphatic heterocycles. The summed E-state index contributed by atoms with van der Waals surface area (Å²) in [7, 11) is -6.00. The van der Waals surface area contributed by atoms with Crippen LogP contribution in [0.4, 0.5) is 17.3 Å². The molecule has 0 rings (SSSR count). The summed E-state index contributed by atoms with van der Waals surface area (Å²) in [5.74, 6) is 0. The molecule has 56 valence electrons. The maximum absolute atomic E-state index is 9.75. The Bertz CT molecular complexity index is 78.3. The highest BCUT2D eigenvalue weighted by molar-refractivity contribution is 6.50. The Hall–Kier alpha value is -0.545. The highest BCUT2D eigenvalue weighted by Gasteiger charge is 2.20. The average molecular weight is 144 g/mol. The predicted molar refractivity (Wildman–Crippen MR) is 29.3 cm³/mol. The van der Waals surface area contributed by atoms with E-state index < -0.39 is 7.25 Å². The highest BCUT2D eigenvalue weighted by Crippen LogP contribution is 2.06. The smallest absolute Gasteiger partial charge is 0.418 e. The fourth-order valence-corrected chi connectivity index (χ4v) is 0. The summed E-state index contributed by atoms with van der Waals surface area (Å²) in [6.45, 7) is 3.50. The third-order valence-corrected chi connectivity index (χ3v) is 0. The predicted octanol–water partition coefficient (Wildman–Crippen LogP) is 2.35. The first-order chi connectivity index (χ1) is 3.73. The van der Waals surface area contributed by atoms with E-state index in [9.17, 15) is 17.3 Å². The molecule has 0 atom stereocenters. The minimum atomic E-state index is -6.00. The zero-order chi connectivity index (χ0) is 8.08. The Morgan fingerprint density at radius 3 is 1.11 bits per heavy atom. The third kappa shape index (κ3) is 747. The Morgan fingerprint density at radius 2 is 1.11 bits per heavy atom. The molecule has 0 aromatic rings. The molecule has 6 heteroatoms. The van der Waals surface area contributed by atoms with E-state index in [1.54, 1.807) is 13.8 Å². The van der Waals surface area contributed by atoms with Crippen molar-refractivity contribution in [3.63, 3.8) is 0 Å². The van der Waals surface area contributed by atoms with Gasteiger partial charge in [-0.25, -0.2) is 0 Å². The average Bonchev–Trinajstić information content (AvgIpc) is 1.19. The summed E-state index contributed by atoms with van der Waals surface area (Å²) >= 11 is 0. The molecule has 0 radical (unpaired) electrons. The summed E-state index contributed by atoms with van der Waals surface area (Å²) < 4.78 is 39.0. The van der Waals surface area contributed by atoms with E-state index in [4.69, 9.17) is 5.41 Å². The van der Waals surface area contributed by atoms with Gasteiger partial charge < -0.3 is 22.7 Å². The van der Waals surface area contributed by atoms with E-state index in [2.05, 4.69) is 0 Å². The van der Waals surface area contributed by atoms with Gasteiger partial charge in [-0.3, -0.25) is 0 Å². The zero-order valence-electron chi connectivity index (χ0n) is 5.09. The second-order valence-corrected chi connectivity index (χ2v) is 1.49.